The summed E-state index contributed by atoms with van der Waals surface area (Å²) in [5.41, 5.74) is 0. The molecule has 5 heteroatoms. The molecule has 3 aliphatic rings. The van der Waals surface area contributed by atoms with Crippen molar-refractivity contribution in [3.05, 3.63) is 17.5 Å². The fourth-order valence-corrected chi connectivity index (χ4v) is 3.13. The van der Waals surface area contributed by atoms with Crippen LogP contribution in [0, 0.1) is 11.8 Å². The molecule has 2 bridgehead atoms. The van der Waals surface area contributed by atoms with E-state index in [1.54, 1.807) is 0 Å². The van der Waals surface area contributed by atoms with E-state index in [2.05, 4.69) is 21.8 Å². The van der Waals surface area contributed by atoms with Crippen LogP contribution in [-0.4, -0.2) is 35.8 Å². The normalized spacial score (nSPS) is 31.2. The zero-order valence-corrected chi connectivity index (χ0v) is 10.6. The van der Waals surface area contributed by atoms with Crippen molar-refractivity contribution in [1.29, 1.82) is 0 Å². The Morgan fingerprint density at radius 3 is 2.82 bits per heavy atom. The largest absolute Gasteiger partial charge is 0.378 e. The Kier molecular flexibility index (Phi) is 2.92. The van der Waals surface area contributed by atoms with E-state index in [0.717, 1.165) is 25.5 Å². The Hall–Kier alpha value is -0.870. The second kappa shape index (κ2) is 4.42. The highest BCUT2D eigenvalue weighted by molar-refractivity contribution is 6.29. The van der Waals surface area contributed by atoms with Crippen molar-refractivity contribution in [3.63, 3.8) is 0 Å². The van der Waals surface area contributed by atoms with Crippen LogP contribution in [0.1, 0.15) is 13.3 Å². The molecule has 4 nitrogen and oxygen atoms in total. The Labute approximate surface area is 106 Å². The maximum absolute atomic E-state index is 5.89. The minimum atomic E-state index is 0.466. The molecule has 3 fully saturated rings. The summed E-state index contributed by atoms with van der Waals surface area (Å²) in [6.07, 6.45) is 3.28. The maximum atomic E-state index is 5.89. The molecule has 2 atom stereocenters. The monoisotopic (exact) mass is 253 g/mol. The lowest BCUT2D eigenvalue weighted by molar-refractivity contribution is -0.0997. The van der Waals surface area contributed by atoms with E-state index < -0.39 is 0 Å². The van der Waals surface area contributed by atoms with Gasteiger partial charge in [-0.15, -0.1) is 0 Å². The summed E-state index contributed by atoms with van der Waals surface area (Å²) in [5, 5.41) is 0.510. The number of nitrogens with zero attached hydrogens (tertiary/aromatic N) is 3. The summed E-state index contributed by atoms with van der Waals surface area (Å²) < 4.78 is 5.77. The first-order chi connectivity index (χ1) is 8.28. The van der Waals surface area contributed by atoms with Gasteiger partial charge in [-0.25, -0.2) is 9.97 Å². The van der Waals surface area contributed by atoms with Gasteiger partial charge in [0.2, 0.25) is 0 Å². The average molecular weight is 254 g/mol. The first-order valence-corrected chi connectivity index (χ1v) is 6.50. The molecule has 4 rings (SSSR count). The third-order valence-corrected chi connectivity index (χ3v) is 3.95. The molecule has 1 aliphatic carbocycles. The molecule has 0 spiro atoms. The molecule has 17 heavy (non-hydrogen) atoms. The van der Waals surface area contributed by atoms with Gasteiger partial charge >= 0.3 is 0 Å². The molecule has 1 saturated carbocycles. The summed E-state index contributed by atoms with van der Waals surface area (Å²) in [6.45, 7) is 4.93. The van der Waals surface area contributed by atoms with Gasteiger partial charge in [-0.2, -0.15) is 0 Å². The fourth-order valence-electron chi connectivity index (χ4n) is 2.99. The summed E-state index contributed by atoms with van der Waals surface area (Å²) >= 11 is 5.89. The average Bonchev–Trinajstić information content (AvgIpc) is 2.36. The van der Waals surface area contributed by atoms with Gasteiger partial charge in [0.25, 0.3) is 0 Å². The van der Waals surface area contributed by atoms with E-state index in [9.17, 15) is 0 Å². The Morgan fingerprint density at radius 1 is 1.41 bits per heavy atom. The summed E-state index contributed by atoms with van der Waals surface area (Å²) in [6, 6.07) is 1.84. The molecule has 2 unspecified atom stereocenters. The van der Waals surface area contributed by atoms with Crippen molar-refractivity contribution in [2.75, 3.05) is 24.6 Å². The smallest absolute Gasteiger partial charge is 0.134 e. The van der Waals surface area contributed by atoms with Gasteiger partial charge in [-0.05, 0) is 13.3 Å². The molecule has 3 heterocycles. The van der Waals surface area contributed by atoms with Crippen LogP contribution in [0.4, 0.5) is 5.82 Å². The van der Waals surface area contributed by atoms with Crippen molar-refractivity contribution in [1.82, 2.24) is 9.97 Å². The molecule has 2 saturated heterocycles. The van der Waals surface area contributed by atoms with Crippen molar-refractivity contribution < 1.29 is 4.74 Å². The van der Waals surface area contributed by atoms with Crippen LogP contribution in [0.15, 0.2) is 12.4 Å². The lowest BCUT2D eigenvalue weighted by atomic mass is 9.68. The topological polar surface area (TPSA) is 38.2 Å². The van der Waals surface area contributed by atoms with E-state index in [1.807, 2.05) is 6.07 Å². The van der Waals surface area contributed by atoms with Gasteiger partial charge in [0.05, 0.1) is 6.10 Å². The van der Waals surface area contributed by atoms with Crippen LogP contribution < -0.4 is 4.90 Å². The SMILES string of the molecule is CCOC1C2CC1CN(c1cc(Cl)ncn1)C2. The molecule has 1 aromatic rings. The van der Waals surface area contributed by atoms with Crippen molar-refractivity contribution in [3.8, 4) is 0 Å². The highest BCUT2D eigenvalue weighted by atomic mass is 35.5. The van der Waals surface area contributed by atoms with Crippen LogP contribution in [0.5, 0.6) is 0 Å². The molecule has 92 valence electrons. The predicted octanol–water partition coefficient (Wildman–Crippen LogP) is 1.99. The van der Waals surface area contributed by atoms with E-state index in [0.29, 0.717) is 23.1 Å². The van der Waals surface area contributed by atoms with Gasteiger partial charge in [0.15, 0.2) is 0 Å². The minimum Gasteiger partial charge on any atom is -0.378 e. The molecule has 1 aromatic heterocycles. The Morgan fingerprint density at radius 2 is 2.18 bits per heavy atom. The maximum Gasteiger partial charge on any atom is 0.134 e. The highest BCUT2D eigenvalue weighted by Crippen LogP contribution is 2.43. The number of piperidine rings is 2. The second-order valence-electron chi connectivity index (χ2n) is 4.78. The van der Waals surface area contributed by atoms with Gasteiger partial charge in [0, 0.05) is 37.6 Å². The first kappa shape index (κ1) is 11.2. The van der Waals surface area contributed by atoms with E-state index in [4.69, 9.17) is 16.3 Å². The second-order valence-corrected chi connectivity index (χ2v) is 5.17. The zero-order chi connectivity index (χ0) is 11.8. The molecule has 0 aromatic carbocycles. The molecule has 0 radical (unpaired) electrons. The van der Waals surface area contributed by atoms with E-state index >= 15 is 0 Å². The Balaban J connectivity index is 1.69. The van der Waals surface area contributed by atoms with Crippen LogP contribution in [0.25, 0.3) is 0 Å². The zero-order valence-electron chi connectivity index (χ0n) is 9.84. The van der Waals surface area contributed by atoms with Crippen LogP contribution in [-0.2, 0) is 4.74 Å². The standard InChI is InChI=1S/C12H16ClN3O/c1-2-17-12-8-3-9(12)6-16(5-8)11-4-10(13)14-7-15-11/h4,7-9,12H,2-3,5-6H2,1H3. The molecule has 0 amide bonds. The summed E-state index contributed by atoms with van der Waals surface area (Å²) in [7, 11) is 0. The third-order valence-electron chi connectivity index (χ3n) is 3.75. The minimum absolute atomic E-state index is 0.466. The Bertz CT molecular complexity index is 402. The number of fused-ring (bicyclic) bond motifs is 2. The van der Waals surface area contributed by atoms with Crippen LogP contribution in [0.2, 0.25) is 5.15 Å². The molecular weight excluding hydrogens is 238 g/mol. The lowest BCUT2D eigenvalue weighted by Crippen LogP contribution is -2.59. The molecular formula is C12H16ClN3O. The fraction of sp³-hybridized carbons (Fsp3) is 0.667. The summed E-state index contributed by atoms with van der Waals surface area (Å²) in [4.78, 5) is 10.5. The van der Waals surface area contributed by atoms with E-state index in [-0.39, 0.29) is 0 Å². The van der Waals surface area contributed by atoms with Gasteiger partial charge in [-0.1, -0.05) is 11.6 Å². The number of hydrogen-bond donors (Lipinski definition) is 0. The number of anilines is 1. The van der Waals surface area contributed by atoms with E-state index in [1.165, 1.54) is 12.7 Å². The first-order valence-electron chi connectivity index (χ1n) is 6.12. The lowest BCUT2D eigenvalue weighted by Gasteiger charge is -2.53. The number of halogens is 1. The van der Waals surface area contributed by atoms with Gasteiger partial charge < -0.3 is 9.64 Å². The third kappa shape index (κ3) is 2.00. The number of aromatic nitrogens is 2. The van der Waals surface area contributed by atoms with Gasteiger partial charge in [-0.3, -0.25) is 0 Å². The number of ether oxygens (including phenoxy) is 1. The van der Waals surface area contributed by atoms with Crippen LogP contribution >= 0.6 is 11.6 Å². The van der Waals surface area contributed by atoms with Gasteiger partial charge in [0.1, 0.15) is 17.3 Å². The van der Waals surface area contributed by atoms with Crippen molar-refractivity contribution in [2.45, 2.75) is 19.4 Å². The summed E-state index contributed by atoms with van der Waals surface area (Å²) in [5.74, 6) is 2.25. The van der Waals surface area contributed by atoms with Crippen molar-refractivity contribution in [2.24, 2.45) is 11.8 Å². The highest BCUT2D eigenvalue weighted by Gasteiger charge is 2.47. The van der Waals surface area contributed by atoms with Crippen molar-refractivity contribution >= 4 is 17.4 Å². The number of hydrogen-bond acceptors (Lipinski definition) is 4. The molecule has 0 N–H and O–H groups in total. The predicted molar refractivity (Wildman–Crippen MR) is 66.3 cm³/mol. The quantitative estimate of drug-likeness (QED) is 0.773. The van der Waals surface area contributed by atoms with Crippen LogP contribution in [0.3, 0.4) is 0 Å². The number of rotatable bonds is 3. The molecule has 2 aliphatic heterocycles.